The Morgan fingerprint density at radius 1 is 1.44 bits per heavy atom. The van der Waals surface area contributed by atoms with Crippen LogP contribution in [-0.4, -0.2) is 28.2 Å². The van der Waals surface area contributed by atoms with Gasteiger partial charge in [-0.1, -0.05) is 6.07 Å². The SMILES string of the molecule is COCCC(C)NS(=O)(=O)c1ccc(C)cc1N. The number of nitrogen functional groups attached to an aromatic ring is 1. The van der Waals surface area contributed by atoms with E-state index < -0.39 is 10.0 Å². The van der Waals surface area contributed by atoms with Gasteiger partial charge in [0.05, 0.1) is 5.69 Å². The minimum Gasteiger partial charge on any atom is -0.398 e. The number of nitrogens with two attached hydrogens (primary N) is 1. The minimum absolute atomic E-state index is 0.123. The molecular formula is C12H20N2O3S. The number of nitrogens with one attached hydrogen (secondary N) is 1. The number of benzene rings is 1. The van der Waals surface area contributed by atoms with Crippen LogP contribution < -0.4 is 10.5 Å². The van der Waals surface area contributed by atoms with Crippen molar-refractivity contribution >= 4 is 15.7 Å². The van der Waals surface area contributed by atoms with Crippen LogP contribution >= 0.6 is 0 Å². The number of methoxy groups -OCH3 is 1. The first-order valence-electron chi connectivity index (χ1n) is 5.74. The highest BCUT2D eigenvalue weighted by molar-refractivity contribution is 7.89. The van der Waals surface area contributed by atoms with E-state index in [0.29, 0.717) is 13.0 Å². The van der Waals surface area contributed by atoms with Gasteiger partial charge in [-0.25, -0.2) is 13.1 Å². The molecule has 0 bridgehead atoms. The van der Waals surface area contributed by atoms with Crippen molar-refractivity contribution in [1.29, 1.82) is 0 Å². The zero-order valence-corrected chi connectivity index (χ0v) is 11.8. The molecule has 102 valence electrons. The molecule has 0 amide bonds. The lowest BCUT2D eigenvalue weighted by Gasteiger charge is -2.15. The summed E-state index contributed by atoms with van der Waals surface area (Å²) < 4.78 is 31.7. The van der Waals surface area contributed by atoms with Crippen molar-refractivity contribution in [2.24, 2.45) is 0 Å². The fourth-order valence-electron chi connectivity index (χ4n) is 1.59. The van der Waals surface area contributed by atoms with E-state index in [2.05, 4.69) is 4.72 Å². The average molecular weight is 272 g/mol. The average Bonchev–Trinajstić information content (AvgIpc) is 2.25. The number of aryl methyl sites for hydroxylation is 1. The minimum atomic E-state index is -3.57. The van der Waals surface area contributed by atoms with Crippen LogP contribution in [0.2, 0.25) is 0 Å². The van der Waals surface area contributed by atoms with E-state index in [1.165, 1.54) is 6.07 Å². The Kier molecular flexibility index (Phi) is 5.13. The molecule has 0 fully saturated rings. The largest absolute Gasteiger partial charge is 0.398 e. The van der Waals surface area contributed by atoms with Gasteiger partial charge in [-0.2, -0.15) is 0 Å². The van der Waals surface area contributed by atoms with Crippen LogP contribution in [0, 0.1) is 6.92 Å². The molecule has 6 heteroatoms. The molecule has 5 nitrogen and oxygen atoms in total. The second-order valence-electron chi connectivity index (χ2n) is 4.35. The smallest absolute Gasteiger partial charge is 0.242 e. The van der Waals surface area contributed by atoms with E-state index in [4.69, 9.17) is 10.5 Å². The fourth-order valence-corrected chi connectivity index (χ4v) is 2.99. The molecule has 0 heterocycles. The summed E-state index contributed by atoms with van der Waals surface area (Å²) >= 11 is 0. The van der Waals surface area contributed by atoms with E-state index in [0.717, 1.165) is 5.56 Å². The molecule has 0 saturated carbocycles. The second-order valence-corrected chi connectivity index (χ2v) is 6.03. The quantitative estimate of drug-likeness (QED) is 0.764. The molecule has 0 aliphatic carbocycles. The van der Waals surface area contributed by atoms with Gasteiger partial charge in [0.15, 0.2) is 0 Å². The van der Waals surface area contributed by atoms with Crippen molar-refractivity contribution in [1.82, 2.24) is 4.72 Å². The monoisotopic (exact) mass is 272 g/mol. The first-order chi connectivity index (χ1) is 8.36. The summed E-state index contributed by atoms with van der Waals surface area (Å²) in [7, 11) is -1.99. The van der Waals surface area contributed by atoms with E-state index in [-0.39, 0.29) is 16.6 Å². The van der Waals surface area contributed by atoms with Gasteiger partial charge < -0.3 is 10.5 Å². The van der Waals surface area contributed by atoms with Gasteiger partial charge in [-0.05, 0) is 38.0 Å². The van der Waals surface area contributed by atoms with Crippen LogP contribution in [0.15, 0.2) is 23.1 Å². The lowest BCUT2D eigenvalue weighted by molar-refractivity contribution is 0.188. The van der Waals surface area contributed by atoms with Crippen molar-refractivity contribution in [3.05, 3.63) is 23.8 Å². The Bertz CT molecular complexity index is 500. The lowest BCUT2D eigenvalue weighted by atomic mass is 10.2. The summed E-state index contributed by atoms with van der Waals surface area (Å²) in [6.45, 7) is 4.16. The summed E-state index contributed by atoms with van der Waals surface area (Å²) in [5.41, 5.74) is 6.93. The predicted molar refractivity (Wildman–Crippen MR) is 71.9 cm³/mol. The van der Waals surface area contributed by atoms with Crippen LogP contribution in [0.5, 0.6) is 0 Å². The highest BCUT2D eigenvalue weighted by atomic mass is 32.2. The molecule has 1 atom stereocenters. The van der Waals surface area contributed by atoms with Gasteiger partial charge >= 0.3 is 0 Å². The maximum atomic E-state index is 12.1. The van der Waals surface area contributed by atoms with Gasteiger partial charge in [0.25, 0.3) is 0 Å². The molecular weight excluding hydrogens is 252 g/mol. The molecule has 3 N–H and O–H groups in total. The van der Waals surface area contributed by atoms with E-state index in [1.54, 1.807) is 26.2 Å². The maximum absolute atomic E-state index is 12.1. The first kappa shape index (κ1) is 14.9. The molecule has 0 aliphatic rings. The summed E-state index contributed by atoms with van der Waals surface area (Å²) in [6, 6.07) is 4.70. The standard InChI is InChI=1S/C12H20N2O3S/c1-9-4-5-12(11(13)8-9)18(15,16)14-10(2)6-7-17-3/h4-5,8,10,14H,6-7,13H2,1-3H3. The topological polar surface area (TPSA) is 81.4 Å². The molecule has 1 aromatic rings. The van der Waals surface area contributed by atoms with Gasteiger partial charge in [-0.3, -0.25) is 0 Å². The summed E-state index contributed by atoms with van der Waals surface area (Å²) in [4.78, 5) is 0.123. The molecule has 1 aromatic carbocycles. The van der Waals surface area contributed by atoms with Gasteiger partial charge in [0, 0.05) is 19.8 Å². The molecule has 1 rings (SSSR count). The molecule has 18 heavy (non-hydrogen) atoms. The number of rotatable bonds is 6. The molecule has 1 unspecified atom stereocenters. The highest BCUT2D eigenvalue weighted by Gasteiger charge is 2.19. The number of ether oxygens (including phenoxy) is 1. The summed E-state index contributed by atoms with van der Waals surface area (Å²) in [5, 5.41) is 0. The van der Waals surface area contributed by atoms with Crippen molar-refractivity contribution in [3.8, 4) is 0 Å². The van der Waals surface area contributed by atoms with Crippen LogP contribution in [0.25, 0.3) is 0 Å². The van der Waals surface area contributed by atoms with Crippen molar-refractivity contribution in [2.45, 2.75) is 31.2 Å². The third-order valence-electron chi connectivity index (χ3n) is 2.57. The number of sulfonamides is 1. The third kappa shape index (κ3) is 3.97. The van der Waals surface area contributed by atoms with E-state index in [1.807, 2.05) is 6.92 Å². The zero-order chi connectivity index (χ0) is 13.8. The van der Waals surface area contributed by atoms with Gasteiger partial charge in [0.1, 0.15) is 4.90 Å². The van der Waals surface area contributed by atoms with Crippen molar-refractivity contribution < 1.29 is 13.2 Å². The Morgan fingerprint density at radius 2 is 2.11 bits per heavy atom. The Morgan fingerprint density at radius 3 is 2.67 bits per heavy atom. The molecule has 0 spiro atoms. The predicted octanol–water partition coefficient (Wildman–Crippen LogP) is 1.28. The first-order valence-corrected chi connectivity index (χ1v) is 7.22. The third-order valence-corrected chi connectivity index (χ3v) is 4.23. The van der Waals surface area contributed by atoms with E-state index in [9.17, 15) is 8.42 Å². The summed E-state index contributed by atoms with van der Waals surface area (Å²) in [5.74, 6) is 0. The lowest BCUT2D eigenvalue weighted by Crippen LogP contribution is -2.33. The Hall–Kier alpha value is -1.11. The Balaban J connectivity index is 2.86. The number of anilines is 1. The fraction of sp³-hybridized carbons (Fsp3) is 0.500. The second kappa shape index (κ2) is 6.17. The van der Waals surface area contributed by atoms with Crippen LogP contribution in [0.3, 0.4) is 0 Å². The number of hydrogen-bond acceptors (Lipinski definition) is 4. The highest BCUT2D eigenvalue weighted by Crippen LogP contribution is 2.19. The van der Waals surface area contributed by atoms with Gasteiger partial charge in [0.2, 0.25) is 10.0 Å². The van der Waals surface area contributed by atoms with E-state index >= 15 is 0 Å². The van der Waals surface area contributed by atoms with Crippen LogP contribution in [0.4, 0.5) is 5.69 Å². The molecule has 0 saturated heterocycles. The molecule has 0 aromatic heterocycles. The van der Waals surface area contributed by atoms with Crippen LogP contribution in [0.1, 0.15) is 18.9 Å². The zero-order valence-electron chi connectivity index (χ0n) is 10.9. The molecule has 0 aliphatic heterocycles. The van der Waals surface area contributed by atoms with Crippen molar-refractivity contribution in [3.63, 3.8) is 0 Å². The Labute approximate surface area is 108 Å². The normalized spacial score (nSPS) is 13.5. The van der Waals surface area contributed by atoms with Crippen LogP contribution in [-0.2, 0) is 14.8 Å². The number of hydrogen-bond donors (Lipinski definition) is 2. The summed E-state index contributed by atoms with van der Waals surface area (Å²) in [6.07, 6.45) is 0.613. The van der Waals surface area contributed by atoms with Gasteiger partial charge in [-0.15, -0.1) is 0 Å². The van der Waals surface area contributed by atoms with Crippen molar-refractivity contribution in [2.75, 3.05) is 19.5 Å². The molecule has 0 radical (unpaired) electrons. The maximum Gasteiger partial charge on any atom is 0.242 e.